The van der Waals surface area contributed by atoms with Crippen molar-refractivity contribution >= 4 is 38.5 Å². The fourth-order valence-corrected chi connectivity index (χ4v) is 4.25. The molecule has 0 aliphatic heterocycles. The maximum atomic E-state index is 12.9. The van der Waals surface area contributed by atoms with Crippen LogP contribution in [0.3, 0.4) is 0 Å². The number of nitrogens with one attached hydrogen (secondary N) is 1. The zero-order chi connectivity index (χ0) is 21.6. The quantitative estimate of drug-likeness (QED) is 0.491. The van der Waals surface area contributed by atoms with E-state index in [9.17, 15) is 18.0 Å². The minimum atomic E-state index is -4.40. The van der Waals surface area contributed by atoms with Crippen LogP contribution >= 0.6 is 11.3 Å². The Morgan fingerprint density at radius 2 is 1.93 bits per heavy atom. The standard InChI is InChI=1S/C21H18F3N3O2S/c1-11(10-28)25-20(29)13-3-8-17-16(9-13)18-19(26-12(2)30-18)27(17)15-6-4-14(5-7-15)21(22,23)24/h3-9,11,28H,10H2,1-2H3,(H,25,29)/t11-/m0/s1. The molecule has 0 unspecified atom stereocenters. The topological polar surface area (TPSA) is 67.2 Å². The zero-order valence-electron chi connectivity index (χ0n) is 16.1. The summed E-state index contributed by atoms with van der Waals surface area (Å²) in [6.45, 7) is 3.38. The number of amides is 1. The lowest BCUT2D eigenvalue weighted by molar-refractivity contribution is -0.137. The van der Waals surface area contributed by atoms with Crippen LogP contribution in [0.4, 0.5) is 13.2 Å². The van der Waals surface area contributed by atoms with Gasteiger partial charge in [0, 0.05) is 22.7 Å². The molecule has 0 bridgehead atoms. The molecule has 0 spiro atoms. The highest BCUT2D eigenvalue weighted by atomic mass is 32.1. The molecule has 0 aliphatic carbocycles. The summed E-state index contributed by atoms with van der Waals surface area (Å²) in [5.41, 5.74) is 1.65. The van der Waals surface area contributed by atoms with Crippen LogP contribution in [0, 0.1) is 6.92 Å². The van der Waals surface area contributed by atoms with Gasteiger partial charge < -0.3 is 10.4 Å². The first-order chi connectivity index (χ1) is 14.2. The summed E-state index contributed by atoms with van der Waals surface area (Å²) >= 11 is 1.46. The predicted molar refractivity (Wildman–Crippen MR) is 110 cm³/mol. The highest BCUT2D eigenvalue weighted by molar-refractivity contribution is 7.19. The van der Waals surface area contributed by atoms with Gasteiger partial charge in [-0.3, -0.25) is 9.36 Å². The van der Waals surface area contributed by atoms with Gasteiger partial charge in [0.1, 0.15) is 0 Å². The number of thiazole rings is 1. The normalized spacial score (nSPS) is 13.1. The average molecular weight is 433 g/mol. The number of aliphatic hydroxyl groups is 1. The third-order valence-corrected chi connectivity index (χ3v) is 5.77. The number of nitrogens with zero attached hydrogens (tertiary/aromatic N) is 2. The van der Waals surface area contributed by atoms with Gasteiger partial charge in [-0.25, -0.2) is 4.98 Å². The van der Waals surface area contributed by atoms with Gasteiger partial charge in [-0.05, 0) is 56.3 Å². The van der Waals surface area contributed by atoms with Gasteiger partial charge in [-0.15, -0.1) is 11.3 Å². The Balaban J connectivity index is 1.86. The highest BCUT2D eigenvalue weighted by Crippen LogP contribution is 2.37. The van der Waals surface area contributed by atoms with Gasteiger partial charge in [0.05, 0.1) is 27.4 Å². The molecule has 4 rings (SSSR count). The molecule has 2 aromatic heterocycles. The van der Waals surface area contributed by atoms with Crippen LogP contribution in [-0.4, -0.2) is 33.2 Å². The fourth-order valence-electron chi connectivity index (χ4n) is 3.32. The lowest BCUT2D eigenvalue weighted by Gasteiger charge is -2.12. The van der Waals surface area contributed by atoms with Gasteiger partial charge >= 0.3 is 6.18 Å². The van der Waals surface area contributed by atoms with Crippen LogP contribution in [-0.2, 0) is 6.18 Å². The minimum absolute atomic E-state index is 0.170. The van der Waals surface area contributed by atoms with Crippen molar-refractivity contribution in [3.05, 3.63) is 58.6 Å². The van der Waals surface area contributed by atoms with Crippen molar-refractivity contribution in [2.75, 3.05) is 6.61 Å². The number of aromatic nitrogens is 2. The van der Waals surface area contributed by atoms with E-state index in [1.54, 1.807) is 29.7 Å². The Hall–Kier alpha value is -2.91. The number of aryl methyl sites for hydroxylation is 1. The van der Waals surface area contributed by atoms with E-state index < -0.39 is 11.7 Å². The van der Waals surface area contributed by atoms with Crippen LogP contribution in [0.15, 0.2) is 42.5 Å². The molecule has 0 aliphatic rings. The summed E-state index contributed by atoms with van der Waals surface area (Å²) in [5, 5.41) is 13.5. The number of hydrogen-bond acceptors (Lipinski definition) is 4. The van der Waals surface area contributed by atoms with Crippen molar-refractivity contribution < 1.29 is 23.1 Å². The Morgan fingerprint density at radius 3 is 2.57 bits per heavy atom. The number of benzene rings is 2. The molecule has 30 heavy (non-hydrogen) atoms. The fraction of sp³-hybridized carbons (Fsp3) is 0.238. The first kappa shape index (κ1) is 20.4. The van der Waals surface area contributed by atoms with Gasteiger partial charge in [-0.2, -0.15) is 13.2 Å². The van der Waals surface area contributed by atoms with E-state index in [1.807, 2.05) is 6.92 Å². The molecule has 9 heteroatoms. The van der Waals surface area contributed by atoms with Gasteiger partial charge in [-0.1, -0.05) is 0 Å². The van der Waals surface area contributed by atoms with Crippen LogP contribution < -0.4 is 5.32 Å². The molecular formula is C21H18F3N3O2S. The van der Waals surface area contributed by atoms with Gasteiger partial charge in [0.15, 0.2) is 5.65 Å². The van der Waals surface area contributed by atoms with Crippen molar-refractivity contribution in [3.63, 3.8) is 0 Å². The smallest absolute Gasteiger partial charge is 0.394 e. The predicted octanol–water partition coefficient (Wildman–Crippen LogP) is 4.68. The van der Waals surface area contributed by atoms with Crippen molar-refractivity contribution in [1.82, 2.24) is 14.9 Å². The molecule has 156 valence electrons. The van der Waals surface area contributed by atoms with E-state index >= 15 is 0 Å². The largest absolute Gasteiger partial charge is 0.416 e. The maximum Gasteiger partial charge on any atom is 0.416 e. The first-order valence-corrected chi connectivity index (χ1v) is 10.0. The molecule has 5 nitrogen and oxygen atoms in total. The number of rotatable bonds is 4. The summed E-state index contributed by atoms with van der Waals surface area (Å²) in [5.74, 6) is -0.310. The van der Waals surface area contributed by atoms with Crippen LogP contribution in [0.2, 0.25) is 0 Å². The molecule has 0 saturated carbocycles. The summed E-state index contributed by atoms with van der Waals surface area (Å²) in [7, 11) is 0. The van der Waals surface area contributed by atoms with Crippen LogP contribution in [0.5, 0.6) is 0 Å². The van der Waals surface area contributed by atoms with Crippen molar-refractivity contribution in [2.45, 2.75) is 26.1 Å². The molecule has 0 saturated heterocycles. The Kier molecular flexibility index (Phi) is 5.03. The van der Waals surface area contributed by atoms with Gasteiger partial charge in [0.2, 0.25) is 0 Å². The summed E-state index contributed by atoms with van der Waals surface area (Å²) in [6, 6.07) is 9.70. The molecule has 2 aromatic carbocycles. The summed E-state index contributed by atoms with van der Waals surface area (Å²) in [6.07, 6.45) is -4.40. The second-order valence-corrected chi connectivity index (χ2v) is 8.26. The van der Waals surface area contributed by atoms with Gasteiger partial charge in [0.25, 0.3) is 5.91 Å². The van der Waals surface area contributed by atoms with Crippen molar-refractivity contribution in [1.29, 1.82) is 0 Å². The Bertz CT molecular complexity index is 1240. The van der Waals surface area contributed by atoms with E-state index in [2.05, 4.69) is 10.3 Å². The second kappa shape index (κ2) is 7.41. The third-order valence-electron chi connectivity index (χ3n) is 4.78. The van der Waals surface area contributed by atoms with Crippen molar-refractivity contribution in [2.24, 2.45) is 0 Å². The first-order valence-electron chi connectivity index (χ1n) is 9.20. The van der Waals surface area contributed by atoms with E-state index in [-0.39, 0.29) is 18.6 Å². The SMILES string of the molecule is Cc1nc2c(s1)c1cc(C(=O)N[C@@H](C)CO)ccc1n2-c1ccc(C(F)(F)F)cc1. The number of hydrogen-bond donors (Lipinski definition) is 2. The van der Waals surface area contributed by atoms with E-state index in [0.717, 1.165) is 32.7 Å². The molecule has 0 fully saturated rings. The maximum absolute atomic E-state index is 12.9. The number of alkyl halides is 3. The molecule has 0 radical (unpaired) electrons. The average Bonchev–Trinajstić information content (AvgIpc) is 3.21. The number of aliphatic hydroxyl groups excluding tert-OH is 1. The summed E-state index contributed by atoms with van der Waals surface area (Å²) in [4.78, 5) is 17.0. The molecule has 1 atom stereocenters. The van der Waals surface area contributed by atoms with Crippen molar-refractivity contribution in [3.8, 4) is 5.69 Å². The number of carbonyl (C=O) groups is 1. The van der Waals surface area contributed by atoms with E-state index in [4.69, 9.17) is 5.11 Å². The Morgan fingerprint density at radius 1 is 1.23 bits per heavy atom. The monoisotopic (exact) mass is 433 g/mol. The second-order valence-electron chi connectivity index (χ2n) is 7.05. The van der Waals surface area contributed by atoms with E-state index in [1.165, 1.54) is 23.5 Å². The Labute approximate surface area is 173 Å². The highest BCUT2D eigenvalue weighted by Gasteiger charge is 2.30. The minimum Gasteiger partial charge on any atom is -0.394 e. The third kappa shape index (κ3) is 3.54. The zero-order valence-corrected chi connectivity index (χ0v) is 16.9. The molecule has 2 heterocycles. The number of halogens is 3. The molecule has 2 N–H and O–H groups in total. The van der Waals surface area contributed by atoms with Crippen LogP contribution in [0.1, 0.15) is 27.9 Å². The molecular weight excluding hydrogens is 415 g/mol. The molecule has 4 aromatic rings. The lowest BCUT2D eigenvalue weighted by atomic mass is 10.1. The molecule has 1 amide bonds. The number of carbonyl (C=O) groups excluding carboxylic acids is 1. The summed E-state index contributed by atoms with van der Waals surface area (Å²) < 4.78 is 41.5. The number of fused-ring (bicyclic) bond motifs is 3. The van der Waals surface area contributed by atoms with Crippen LogP contribution in [0.25, 0.3) is 26.9 Å². The van der Waals surface area contributed by atoms with E-state index in [0.29, 0.717) is 16.9 Å². The lowest BCUT2D eigenvalue weighted by Crippen LogP contribution is -2.34.